The summed E-state index contributed by atoms with van der Waals surface area (Å²) in [4.78, 5) is 2.13. The normalized spacial score (nSPS) is 22.8. The zero-order chi connectivity index (χ0) is 10.8. The number of hydrogen-bond acceptors (Lipinski definition) is 3. The summed E-state index contributed by atoms with van der Waals surface area (Å²) in [5.74, 6) is 0. The molecule has 0 spiro atoms. The number of halogens is 2. The molecular formula is C9H14F2N4. The van der Waals surface area contributed by atoms with Crippen LogP contribution in [-0.4, -0.2) is 33.8 Å². The maximum absolute atomic E-state index is 12.2. The fourth-order valence-corrected chi connectivity index (χ4v) is 1.81. The van der Waals surface area contributed by atoms with Gasteiger partial charge in [-0.15, -0.1) is 0 Å². The maximum atomic E-state index is 12.2. The van der Waals surface area contributed by atoms with Crippen molar-refractivity contribution in [2.45, 2.75) is 25.6 Å². The predicted octanol–water partition coefficient (Wildman–Crippen LogP) is 0.811. The van der Waals surface area contributed by atoms with E-state index >= 15 is 0 Å². The van der Waals surface area contributed by atoms with Crippen LogP contribution in [0.2, 0.25) is 0 Å². The van der Waals surface area contributed by atoms with Crippen molar-refractivity contribution in [2.24, 2.45) is 5.73 Å². The molecule has 6 heteroatoms. The molecule has 0 amide bonds. The molecule has 1 saturated heterocycles. The molecule has 0 aromatic carbocycles. The van der Waals surface area contributed by atoms with E-state index in [1.54, 1.807) is 6.07 Å². The van der Waals surface area contributed by atoms with Gasteiger partial charge in [0, 0.05) is 31.9 Å². The molecule has 84 valence electrons. The Morgan fingerprint density at radius 2 is 2.40 bits per heavy atom. The minimum atomic E-state index is -2.56. The van der Waals surface area contributed by atoms with Crippen LogP contribution < -0.4 is 5.73 Å². The highest BCUT2D eigenvalue weighted by atomic mass is 19.3. The van der Waals surface area contributed by atoms with E-state index in [1.807, 2.05) is 0 Å². The Morgan fingerprint density at radius 1 is 1.60 bits per heavy atom. The monoisotopic (exact) mass is 216 g/mol. The summed E-state index contributed by atoms with van der Waals surface area (Å²) in [6, 6.07) is 1.83. The molecule has 1 aromatic rings. The number of nitrogens with two attached hydrogens (primary N) is 1. The number of alkyl halides is 2. The van der Waals surface area contributed by atoms with E-state index in [9.17, 15) is 8.78 Å². The average Bonchev–Trinajstić information content (AvgIpc) is 2.76. The van der Waals surface area contributed by atoms with Crippen LogP contribution in [0, 0.1) is 0 Å². The molecule has 2 heterocycles. The van der Waals surface area contributed by atoms with E-state index in [-0.39, 0.29) is 6.04 Å². The number of aromatic nitrogens is 2. The lowest BCUT2D eigenvalue weighted by atomic mass is 10.3. The lowest BCUT2D eigenvalue weighted by molar-refractivity contribution is 0.0558. The van der Waals surface area contributed by atoms with Crippen LogP contribution in [0.5, 0.6) is 0 Å². The summed E-state index contributed by atoms with van der Waals surface area (Å²) in [5.41, 5.74) is 6.42. The van der Waals surface area contributed by atoms with Crippen LogP contribution in [0.3, 0.4) is 0 Å². The molecule has 1 unspecified atom stereocenters. The van der Waals surface area contributed by atoms with E-state index in [1.165, 1.54) is 6.20 Å². The van der Waals surface area contributed by atoms with Gasteiger partial charge in [0.2, 0.25) is 0 Å². The molecule has 1 aromatic heterocycles. The van der Waals surface area contributed by atoms with Gasteiger partial charge < -0.3 is 5.73 Å². The minimum absolute atomic E-state index is 0.210. The molecule has 0 radical (unpaired) electrons. The number of hydrogen-bond donors (Lipinski definition) is 1. The second-order valence-electron chi connectivity index (χ2n) is 3.85. The smallest absolute Gasteiger partial charge is 0.326 e. The van der Waals surface area contributed by atoms with Crippen molar-refractivity contribution in [1.29, 1.82) is 0 Å². The summed E-state index contributed by atoms with van der Waals surface area (Å²) in [6.07, 6.45) is 2.27. The lowest BCUT2D eigenvalue weighted by Gasteiger charge is -2.12. The van der Waals surface area contributed by atoms with Gasteiger partial charge in [0.15, 0.2) is 0 Å². The van der Waals surface area contributed by atoms with Gasteiger partial charge in [-0.3, -0.25) is 4.90 Å². The summed E-state index contributed by atoms with van der Waals surface area (Å²) in [6.45, 7) is -0.211. The van der Waals surface area contributed by atoms with Gasteiger partial charge in [-0.2, -0.15) is 13.9 Å². The molecular weight excluding hydrogens is 202 g/mol. The highest BCUT2D eigenvalue weighted by Crippen LogP contribution is 2.13. The van der Waals surface area contributed by atoms with Crippen molar-refractivity contribution >= 4 is 0 Å². The first-order chi connectivity index (χ1) is 7.15. The van der Waals surface area contributed by atoms with Crippen LogP contribution in [0.25, 0.3) is 0 Å². The van der Waals surface area contributed by atoms with Crippen LogP contribution in [0.1, 0.15) is 18.7 Å². The SMILES string of the molecule is NC1CCN(Cc2ccn(C(F)F)n2)C1. The quantitative estimate of drug-likeness (QED) is 0.813. The Bertz CT molecular complexity index is 326. The predicted molar refractivity (Wildman–Crippen MR) is 51.3 cm³/mol. The minimum Gasteiger partial charge on any atom is -0.326 e. The van der Waals surface area contributed by atoms with Crippen LogP contribution >= 0.6 is 0 Å². The molecule has 0 bridgehead atoms. The second-order valence-corrected chi connectivity index (χ2v) is 3.85. The largest absolute Gasteiger partial charge is 0.333 e. The van der Waals surface area contributed by atoms with Gasteiger partial charge in [0.1, 0.15) is 0 Å². The fraction of sp³-hybridized carbons (Fsp3) is 0.667. The third-order valence-corrected chi connectivity index (χ3v) is 2.56. The van der Waals surface area contributed by atoms with Crippen LogP contribution in [-0.2, 0) is 6.54 Å². The lowest BCUT2D eigenvalue weighted by Crippen LogP contribution is -2.26. The van der Waals surface area contributed by atoms with E-state index in [0.29, 0.717) is 16.9 Å². The Balaban J connectivity index is 1.93. The van der Waals surface area contributed by atoms with Gasteiger partial charge in [0.25, 0.3) is 0 Å². The van der Waals surface area contributed by atoms with Crippen LogP contribution in [0.15, 0.2) is 12.3 Å². The third-order valence-electron chi connectivity index (χ3n) is 2.56. The maximum Gasteiger partial charge on any atom is 0.333 e. The van der Waals surface area contributed by atoms with E-state index < -0.39 is 6.55 Å². The zero-order valence-corrected chi connectivity index (χ0v) is 8.31. The molecule has 2 N–H and O–H groups in total. The van der Waals surface area contributed by atoms with Crippen molar-refractivity contribution < 1.29 is 8.78 Å². The second kappa shape index (κ2) is 4.24. The van der Waals surface area contributed by atoms with E-state index in [4.69, 9.17) is 5.73 Å². The van der Waals surface area contributed by atoms with Crippen molar-refractivity contribution in [2.75, 3.05) is 13.1 Å². The van der Waals surface area contributed by atoms with Gasteiger partial charge in [-0.05, 0) is 12.5 Å². The fourth-order valence-electron chi connectivity index (χ4n) is 1.81. The Labute approximate surface area is 86.7 Å². The number of rotatable bonds is 3. The molecule has 2 rings (SSSR count). The van der Waals surface area contributed by atoms with Crippen LogP contribution in [0.4, 0.5) is 8.78 Å². The first-order valence-corrected chi connectivity index (χ1v) is 4.95. The van der Waals surface area contributed by atoms with Crippen molar-refractivity contribution in [3.8, 4) is 0 Å². The Kier molecular flexibility index (Phi) is 2.97. The summed E-state index contributed by atoms with van der Waals surface area (Å²) in [5, 5.41) is 3.78. The molecule has 4 nitrogen and oxygen atoms in total. The number of likely N-dealkylation sites (tertiary alicyclic amines) is 1. The Hall–Kier alpha value is -1.01. The Morgan fingerprint density at radius 3 is 2.93 bits per heavy atom. The molecule has 15 heavy (non-hydrogen) atoms. The third kappa shape index (κ3) is 2.51. The van der Waals surface area contributed by atoms with Gasteiger partial charge >= 0.3 is 6.55 Å². The first-order valence-electron chi connectivity index (χ1n) is 4.95. The summed E-state index contributed by atoms with van der Waals surface area (Å²) < 4.78 is 25.1. The standard InChI is InChI=1S/C9H14F2N4/c10-9(11)15-4-2-8(13-15)6-14-3-1-7(12)5-14/h2,4,7,9H,1,3,5-6,12H2. The first kappa shape index (κ1) is 10.5. The summed E-state index contributed by atoms with van der Waals surface area (Å²) in [7, 11) is 0. The number of nitrogens with zero attached hydrogens (tertiary/aromatic N) is 3. The van der Waals surface area contributed by atoms with Gasteiger partial charge in [-0.25, -0.2) is 4.68 Å². The topological polar surface area (TPSA) is 47.1 Å². The van der Waals surface area contributed by atoms with Gasteiger partial charge in [-0.1, -0.05) is 0 Å². The van der Waals surface area contributed by atoms with E-state index in [2.05, 4.69) is 10.00 Å². The highest BCUT2D eigenvalue weighted by molar-refractivity contribution is 4.99. The zero-order valence-electron chi connectivity index (χ0n) is 8.31. The van der Waals surface area contributed by atoms with Crippen molar-refractivity contribution in [1.82, 2.24) is 14.7 Å². The molecule has 0 aliphatic carbocycles. The van der Waals surface area contributed by atoms with Crippen molar-refractivity contribution in [3.63, 3.8) is 0 Å². The molecule has 1 fully saturated rings. The molecule has 1 atom stereocenters. The van der Waals surface area contributed by atoms with E-state index in [0.717, 1.165) is 19.5 Å². The highest BCUT2D eigenvalue weighted by Gasteiger charge is 2.20. The molecule has 1 aliphatic heterocycles. The van der Waals surface area contributed by atoms with Gasteiger partial charge in [0.05, 0.1) is 5.69 Å². The molecule has 1 aliphatic rings. The average molecular weight is 216 g/mol. The van der Waals surface area contributed by atoms with Crippen molar-refractivity contribution in [3.05, 3.63) is 18.0 Å². The summed E-state index contributed by atoms with van der Waals surface area (Å²) >= 11 is 0. The molecule has 0 saturated carbocycles.